The fourth-order valence-electron chi connectivity index (χ4n) is 3.77. The summed E-state index contributed by atoms with van der Waals surface area (Å²) in [6, 6.07) is 15.0. The van der Waals surface area contributed by atoms with Gasteiger partial charge in [0.1, 0.15) is 32.3 Å². The number of nitrogens with one attached hydrogen (secondary N) is 1. The van der Waals surface area contributed by atoms with Gasteiger partial charge < -0.3 is 14.8 Å². The van der Waals surface area contributed by atoms with E-state index in [1.54, 1.807) is 26.0 Å². The second-order valence-corrected chi connectivity index (χ2v) is 11.9. The molecule has 39 heavy (non-hydrogen) atoms. The zero-order valence-corrected chi connectivity index (χ0v) is 24.2. The minimum atomic E-state index is -0.158. The summed E-state index contributed by atoms with van der Waals surface area (Å²) in [5.74, 6) is 3.11. The Morgan fingerprint density at radius 3 is 1.97 bits per heavy atom. The van der Waals surface area contributed by atoms with Gasteiger partial charge in [-0.2, -0.15) is 11.8 Å². The zero-order chi connectivity index (χ0) is 27.5. The number of benzene rings is 2. The maximum Gasteiger partial charge on any atom is 0.230 e. The van der Waals surface area contributed by atoms with E-state index in [9.17, 15) is 9.59 Å². The van der Waals surface area contributed by atoms with Crippen LogP contribution in [0, 0.1) is 0 Å². The molecule has 2 heterocycles. The summed E-state index contributed by atoms with van der Waals surface area (Å²) in [7, 11) is 3.19. The number of anilines is 1. The van der Waals surface area contributed by atoms with Gasteiger partial charge in [0.25, 0.3) is 0 Å². The number of aromatic nitrogens is 4. The Hall–Kier alpha value is -3.35. The molecule has 0 bridgehead atoms. The van der Waals surface area contributed by atoms with E-state index in [4.69, 9.17) is 9.47 Å². The minimum absolute atomic E-state index is 0.0870. The van der Waals surface area contributed by atoms with Gasteiger partial charge in [0.2, 0.25) is 11.0 Å². The molecule has 0 saturated heterocycles. The lowest BCUT2D eigenvalue weighted by Gasteiger charge is -2.07. The van der Waals surface area contributed by atoms with Crippen molar-refractivity contribution in [3.05, 3.63) is 74.7 Å². The summed E-state index contributed by atoms with van der Waals surface area (Å²) in [4.78, 5) is 24.9. The number of amides is 1. The number of hydrogen-bond acceptors (Lipinski definition) is 11. The van der Waals surface area contributed by atoms with Crippen LogP contribution in [-0.2, 0) is 41.7 Å². The molecule has 1 N–H and O–H groups in total. The summed E-state index contributed by atoms with van der Waals surface area (Å²) in [5.41, 5.74) is 1.70. The predicted molar refractivity (Wildman–Crippen MR) is 155 cm³/mol. The number of carbonyl (C=O) groups is 2. The van der Waals surface area contributed by atoms with Crippen LogP contribution in [0.4, 0.5) is 5.13 Å². The lowest BCUT2D eigenvalue weighted by atomic mass is 10.1. The Bertz CT molecular complexity index is 1290. The highest BCUT2D eigenvalue weighted by molar-refractivity contribution is 7.99. The summed E-state index contributed by atoms with van der Waals surface area (Å²) in [6.07, 6.45) is 2.36. The number of rotatable bonds is 15. The first-order chi connectivity index (χ1) is 19.0. The van der Waals surface area contributed by atoms with Crippen molar-refractivity contribution in [3.63, 3.8) is 0 Å². The molecule has 2 aromatic heterocycles. The molecule has 4 rings (SSSR count). The fraction of sp³-hybridized carbons (Fsp3) is 0.333. The number of ketones is 1. The van der Waals surface area contributed by atoms with Crippen molar-refractivity contribution in [2.75, 3.05) is 31.0 Å². The lowest BCUT2D eigenvalue weighted by Crippen LogP contribution is -2.14. The molecular formula is C27H29N5O4S3. The Labute approximate surface area is 239 Å². The number of methoxy groups -OCH3 is 2. The van der Waals surface area contributed by atoms with Crippen molar-refractivity contribution in [2.24, 2.45) is 0 Å². The fourth-order valence-corrected chi connectivity index (χ4v) is 6.53. The average molecular weight is 584 g/mol. The standard InChI is InChI=1S/C27H29N5O4S3/c1-35-21-9-5-3-7-18(21)15-20(33)17-26-31-29-24(38-26)11-13-37-14-12-25-30-32-27(39-25)28-23(34)16-19-8-4-6-10-22(19)36-2/h3-10H,11-17H2,1-2H3,(H,28,32,34). The van der Waals surface area contributed by atoms with Gasteiger partial charge in [-0.1, -0.05) is 47.7 Å². The monoisotopic (exact) mass is 583 g/mol. The van der Waals surface area contributed by atoms with E-state index >= 15 is 0 Å². The van der Waals surface area contributed by atoms with Crippen molar-refractivity contribution in [1.29, 1.82) is 0 Å². The summed E-state index contributed by atoms with van der Waals surface area (Å²) < 4.78 is 10.6. The highest BCUT2D eigenvalue weighted by Crippen LogP contribution is 2.22. The van der Waals surface area contributed by atoms with Gasteiger partial charge in [0, 0.05) is 30.4 Å². The van der Waals surface area contributed by atoms with Gasteiger partial charge >= 0.3 is 0 Å². The Kier molecular flexibility index (Phi) is 10.8. The van der Waals surface area contributed by atoms with E-state index in [1.807, 2.05) is 48.5 Å². The van der Waals surface area contributed by atoms with Crippen molar-refractivity contribution in [3.8, 4) is 11.5 Å². The molecule has 204 valence electrons. The number of hydrogen-bond donors (Lipinski definition) is 1. The maximum absolute atomic E-state index is 12.5. The first-order valence-electron chi connectivity index (χ1n) is 12.3. The number of ether oxygens (including phenoxy) is 2. The highest BCUT2D eigenvalue weighted by Gasteiger charge is 2.14. The van der Waals surface area contributed by atoms with Crippen molar-refractivity contribution >= 4 is 51.3 Å². The first-order valence-corrected chi connectivity index (χ1v) is 15.1. The molecule has 0 aliphatic carbocycles. The molecule has 4 aromatic rings. The van der Waals surface area contributed by atoms with Crippen molar-refractivity contribution < 1.29 is 19.1 Å². The second-order valence-electron chi connectivity index (χ2n) is 8.44. The van der Waals surface area contributed by atoms with E-state index in [0.29, 0.717) is 17.3 Å². The largest absolute Gasteiger partial charge is 0.496 e. The van der Waals surface area contributed by atoms with Gasteiger partial charge in [0.15, 0.2) is 0 Å². The van der Waals surface area contributed by atoms with Gasteiger partial charge in [-0.15, -0.1) is 31.7 Å². The summed E-state index contributed by atoms with van der Waals surface area (Å²) >= 11 is 4.68. The van der Waals surface area contributed by atoms with Crippen LogP contribution in [0.15, 0.2) is 48.5 Å². The Morgan fingerprint density at radius 1 is 0.744 bits per heavy atom. The molecule has 0 aliphatic rings. The molecule has 2 aromatic carbocycles. The van der Waals surface area contributed by atoms with Gasteiger partial charge in [-0.05, 0) is 23.6 Å². The van der Waals surface area contributed by atoms with Crippen molar-refractivity contribution in [2.45, 2.75) is 32.1 Å². The molecule has 0 radical (unpaired) electrons. The van der Waals surface area contributed by atoms with Gasteiger partial charge in [-0.25, -0.2) is 0 Å². The van der Waals surface area contributed by atoms with Crippen LogP contribution < -0.4 is 14.8 Å². The number of Topliss-reactive ketones (excluding diaryl/α,β-unsaturated/α-hetero) is 1. The van der Waals surface area contributed by atoms with E-state index in [-0.39, 0.29) is 24.5 Å². The number of nitrogens with zero attached hydrogens (tertiary/aromatic N) is 4. The average Bonchev–Trinajstić information content (AvgIpc) is 3.58. The topological polar surface area (TPSA) is 116 Å². The zero-order valence-electron chi connectivity index (χ0n) is 21.7. The molecule has 0 spiro atoms. The van der Waals surface area contributed by atoms with Crippen LogP contribution >= 0.6 is 34.4 Å². The number of aryl methyl sites for hydroxylation is 2. The molecule has 0 unspecified atom stereocenters. The van der Waals surface area contributed by atoms with Crippen LogP contribution in [0.5, 0.6) is 11.5 Å². The van der Waals surface area contributed by atoms with Crippen LogP contribution in [0.1, 0.15) is 26.1 Å². The Balaban J connectivity index is 1.13. The molecule has 1 amide bonds. The van der Waals surface area contributed by atoms with Crippen LogP contribution in [0.2, 0.25) is 0 Å². The van der Waals surface area contributed by atoms with E-state index in [2.05, 4.69) is 25.7 Å². The SMILES string of the molecule is COc1ccccc1CC(=O)Cc1nnc(CCSCCc2nnc(NC(=O)Cc3ccccc3OC)s2)s1. The lowest BCUT2D eigenvalue weighted by molar-refractivity contribution is -0.118. The second kappa shape index (κ2) is 14.7. The third-order valence-electron chi connectivity index (χ3n) is 5.61. The maximum atomic E-state index is 12.5. The molecule has 9 nitrogen and oxygen atoms in total. The summed E-state index contributed by atoms with van der Waals surface area (Å²) in [6.45, 7) is 0. The normalized spacial score (nSPS) is 10.8. The van der Waals surface area contributed by atoms with Gasteiger partial charge in [-0.3, -0.25) is 9.59 Å². The smallest absolute Gasteiger partial charge is 0.230 e. The first kappa shape index (κ1) is 28.7. The molecule has 12 heteroatoms. The molecular weight excluding hydrogens is 555 g/mol. The van der Waals surface area contributed by atoms with Crippen LogP contribution in [0.25, 0.3) is 0 Å². The van der Waals surface area contributed by atoms with Gasteiger partial charge in [0.05, 0.1) is 27.1 Å². The Morgan fingerprint density at radius 2 is 1.31 bits per heavy atom. The predicted octanol–water partition coefficient (Wildman–Crippen LogP) is 4.46. The molecule has 0 aliphatic heterocycles. The van der Waals surface area contributed by atoms with Crippen LogP contribution in [-0.4, -0.2) is 57.8 Å². The van der Waals surface area contributed by atoms with Crippen molar-refractivity contribution in [1.82, 2.24) is 20.4 Å². The van der Waals surface area contributed by atoms with E-state index < -0.39 is 0 Å². The van der Waals surface area contributed by atoms with E-state index in [0.717, 1.165) is 56.2 Å². The third-order valence-corrected chi connectivity index (χ3v) is 8.48. The number of carbonyl (C=O) groups excluding carboxylic acids is 2. The number of thioether (sulfide) groups is 1. The third kappa shape index (κ3) is 8.84. The molecule has 0 atom stereocenters. The van der Waals surface area contributed by atoms with Crippen LogP contribution in [0.3, 0.4) is 0 Å². The number of para-hydroxylation sites is 2. The quantitative estimate of drug-likeness (QED) is 0.203. The minimum Gasteiger partial charge on any atom is -0.496 e. The summed E-state index contributed by atoms with van der Waals surface area (Å²) in [5, 5.41) is 22.6. The molecule has 0 saturated carbocycles. The van der Waals surface area contributed by atoms with E-state index in [1.165, 1.54) is 22.7 Å². The highest BCUT2D eigenvalue weighted by atomic mass is 32.2. The molecule has 0 fully saturated rings.